The first-order valence-electron chi connectivity index (χ1n) is 13.1. The zero-order chi connectivity index (χ0) is 29.3. The Hall–Kier alpha value is -3.37. The molecule has 2 unspecified atom stereocenters. The average Bonchev–Trinajstić information content (AvgIpc) is 2.93. The largest absolute Gasteiger partial charge is 0.489 e. The van der Waals surface area contributed by atoms with Crippen LogP contribution in [0.5, 0.6) is 5.75 Å². The van der Waals surface area contributed by atoms with Gasteiger partial charge in [0, 0.05) is 17.1 Å². The Kier molecular flexibility index (Phi) is 11.2. The molecule has 40 heavy (non-hydrogen) atoms. The van der Waals surface area contributed by atoms with Gasteiger partial charge in [-0.3, -0.25) is 13.9 Å². The lowest BCUT2D eigenvalue weighted by molar-refractivity contribution is -0.139. The van der Waals surface area contributed by atoms with E-state index < -0.39 is 28.5 Å². The summed E-state index contributed by atoms with van der Waals surface area (Å²) < 4.78 is 33.3. The summed E-state index contributed by atoms with van der Waals surface area (Å²) >= 11 is 3.44. The number of ether oxygens (including phenoxy) is 1. The summed E-state index contributed by atoms with van der Waals surface area (Å²) in [6.07, 6.45) is 1.79. The molecule has 8 nitrogen and oxygen atoms in total. The topological polar surface area (TPSA) is 96.0 Å². The van der Waals surface area contributed by atoms with Gasteiger partial charge in [0.1, 0.15) is 24.9 Å². The summed E-state index contributed by atoms with van der Waals surface area (Å²) in [6, 6.07) is 22.8. The summed E-state index contributed by atoms with van der Waals surface area (Å²) in [4.78, 5) is 28.1. The van der Waals surface area contributed by atoms with Gasteiger partial charge in [-0.15, -0.1) is 0 Å². The number of carbonyl (C=O) groups excluding carboxylic acids is 2. The van der Waals surface area contributed by atoms with E-state index in [2.05, 4.69) is 21.2 Å². The van der Waals surface area contributed by atoms with Gasteiger partial charge in [0.15, 0.2) is 0 Å². The molecule has 214 valence electrons. The van der Waals surface area contributed by atoms with Gasteiger partial charge in [0.25, 0.3) is 0 Å². The van der Waals surface area contributed by atoms with Crippen molar-refractivity contribution in [3.05, 3.63) is 94.5 Å². The van der Waals surface area contributed by atoms with Crippen LogP contribution in [0.4, 0.5) is 5.69 Å². The highest BCUT2D eigenvalue weighted by Gasteiger charge is 2.30. The van der Waals surface area contributed by atoms with Crippen LogP contribution in [0.1, 0.15) is 38.3 Å². The minimum absolute atomic E-state index is 0.0621. The lowest BCUT2D eigenvalue weighted by Crippen LogP contribution is -2.52. The van der Waals surface area contributed by atoms with Gasteiger partial charge in [-0.25, -0.2) is 8.42 Å². The van der Waals surface area contributed by atoms with E-state index in [1.54, 1.807) is 31.2 Å². The molecule has 1 N–H and O–H groups in total. The number of rotatable bonds is 13. The van der Waals surface area contributed by atoms with Crippen molar-refractivity contribution in [2.75, 3.05) is 17.1 Å². The number of carbonyl (C=O) groups is 2. The summed E-state index contributed by atoms with van der Waals surface area (Å²) in [7, 11) is -3.83. The Labute approximate surface area is 245 Å². The van der Waals surface area contributed by atoms with Gasteiger partial charge in [-0.2, -0.15) is 0 Å². The highest BCUT2D eigenvalue weighted by molar-refractivity contribution is 9.10. The number of benzene rings is 3. The first-order valence-corrected chi connectivity index (χ1v) is 15.7. The number of sulfonamides is 1. The molecule has 0 saturated carbocycles. The molecule has 0 aliphatic heterocycles. The lowest BCUT2D eigenvalue weighted by atomic mass is 10.1. The molecule has 3 rings (SSSR count). The number of halogens is 1. The molecular weight excluding hydrogens is 594 g/mol. The molecule has 0 aromatic heterocycles. The first-order chi connectivity index (χ1) is 19.0. The van der Waals surface area contributed by atoms with Gasteiger partial charge in [0.05, 0.1) is 11.9 Å². The molecule has 10 heteroatoms. The quantitative estimate of drug-likeness (QED) is 0.283. The smallest absolute Gasteiger partial charge is 0.244 e. The second kappa shape index (κ2) is 14.3. The van der Waals surface area contributed by atoms with E-state index in [0.29, 0.717) is 18.0 Å². The van der Waals surface area contributed by atoms with Crippen LogP contribution in [-0.4, -0.2) is 50.0 Å². The second-order valence-corrected chi connectivity index (χ2v) is 12.5. The molecular formula is C30H36BrN3O5S. The Bertz CT molecular complexity index is 1380. The predicted octanol–water partition coefficient (Wildman–Crippen LogP) is 5.13. The molecule has 0 fully saturated rings. The minimum Gasteiger partial charge on any atom is -0.489 e. The van der Waals surface area contributed by atoms with E-state index in [1.807, 2.05) is 68.4 Å². The van der Waals surface area contributed by atoms with Crippen molar-refractivity contribution in [2.45, 2.75) is 52.4 Å². The lowest BCUT2D eigenvalue weighted by Gasteiger charge is -2.32. The van der Waals surface area contributed by atoms with Crippen LogP contribution >= 0.6 is 15.9 Å². The molecule has 3 aromatic rings. The van der Waals surface area contributed by atoms with Crippen molar-refractivity contribution in [1.82, 2.24) is 10.2 Å². The number of amides is 2. The molecule has 0 heterocycles. The third-order valence-corrected chi connectivity index (χ3v) is 8.10. The van der Waals surface area contributed by atoms with Crippen LogP contribution in [0.2, 0.25) is 0 Å². The fraction of sp³-hybridized carbons (Fsp3) is 0.333. The summed E-state index contributed by atoms with van der Waals surface area (Å²) in [5, 5.41) is 2.92. The summed E-state index contributed by atoms with van der Waals surface area (Å²) in [5.41, 5.74) is 2.13. The SMILES string of the molecule is CCC(C)NC(=O)C(C)N(Cc1cccc(Br)c1)C(=O)CN(c1ccc(OCc2ccccc2)cc1)S(C)(=O)=O. The van der Waals surface area contributed by atoms with E-state index in [9.17, 15) is 18.0 Å². The highest BCUT2D eigenvalue weighted by Crippen LogP contribution is 2.23. The molecule has 0 radical (unpaired) electrons. The van der Waals surface area contributed by atoms with Gasteiger partial charge >= 0.3 is 0 Å². The third-order valence-electron chi connectivity index (χ3n) is 6.46. The Balaban J connectivity index is 1.82. The second-order valence-electron chi connectivity index (χ2n) is 9.68. The highest BCUT2D eigenvalue weighted by atomic mass is 79.9. The first kappa shape index (κ1) is 31.2. The van der Waals surface area contributed by atoms with Gasteiger partial charge in [0.2, 0.25) is 21.8 Å². The number of hydrogen-bond donors (Lipinski definition) is 1. The predicted molar refractivity (Wildman–Crippen MR) is 161 cm³/mol. The van der Waals surface area contributed by atoms with Crippen LogP contribution in [0, 0.1) is 0 Å². The van der Waals surface area contributed by atoms with Crippen LogP contribution in [0.15, 0.2) is 83.3 Å². The van der Waals surface area contributed by atoms with E-state index in [0.717, 1.165) is 32.6 Å². The maximum Gasteiger partial charge on any atom is 0.244 e. The van der Waals surface area contributed by atoms with E-state index >= 15 is 0 Å². The van der Waals surface area contributed by atoms with E-state index in [-0.39, 0.29) is 18.5 Å². The standard InChI is InChI=1S/C30H36BrN3O5S/c1-5-22(2)32-30(36)23(3)33(19-25-12-9-13-26(31)18-25)29(35)20-34(40(4,37)38)27-14-16-28(17-15-27)39-21-24-10-7-6-8-11-24/h6-18,22-23H,5,19-21H2,1-4H3,(H,32,36). The van der Waals surface area contributed by atoms with Gasteiger partial charge < -0.3 is 15.0 Å². The average molecular weight is 631 g/mol. The normalized spacial score (nSPS) is 12.7. The summed E-state index contributed by atoms with van der Waals surface area (Å²) in [5.74, 6) is -0.232. The van der Waals surface area contributed by atoms with Gasteiger partial charge in [-0.1, -0.05) is 65.3 Å². The maximum atomic E-state index is 13.7. The molecule has 3 aromatic carbocycles. The zero-order valence-corrected chi connectivity index (χ0v) is 25.6. The van der Waals surface area contributed by atoms with E-state index in [4.69, 9.17) is 4.74 Å². The monoisotopic (exact) mass is 629 g/mol. The molecule has 0 spiro atoms. The van der Waals surface area contributed by atoms with Crippen LogP contribution in [-0.2, 0) is 32.8 Å². The van der Waals surface area contributed by atoms with Crippen LogP contribution < -0.4 is 14.4 Å². The van der Waals surface area contributed by atoms with Crippen molar-refractivity contribution in [3.8, 4) is 5.75 Å². The number of nitrogens with one attached hydrogen (secondary N) is 1. The van der Waals surface area contributed by atoms with Crippen molar-refractivity contribution in [1.29, 1.82) is 0 Å². The van der Waals surface area contributed by atoms with Gasteiger partial charge in [-0.05, 0) is 67.8 Å². The van der Waals surface area contributed by atoms with Crippen molar-refractivity contribution in [2.24, 2.45) is 0 Å². The zero-order valence-electron chi connectivity index (χ0n) is 23.2. The molecule has 2 amide bonds. The Morgan fingerprint density at radius 3 is 2.20 bits per heavy atom. The van der Waals surface area contributed by atoms with Crippen molar-refractivity contribution in [3.63, 3.8) is 0 Å². The number of nitrogens with zero attached hydrogens (tertiary/aromatic N) is 2. The number of hydrogen-bond acceptors (Lipinski definition) is 5. The maximum absolute atomic E-state index is 13.7. The summed E-state index contributed by atoms with van der Waals surface area (Å²) in [6.45, 7) is 5.55. The molecule has 2 atom stereocenters. The third kappa shape index (κ3) is 9.09. The fourth-order valence-corrected chi connectivity index (χ4v) is 5.24. The van der Waals surface area contributed by atoms with Crippen LogP contribution in [0.25, 0.3) is 0 Å². The van der Waals surface area contributed by atoms with Crippen molar-refractivity contribution >= 4 is 43.5 Å². The Morgan fingerprint density at radius 1 is 0.950 bits per heavy atom. The molecule has 0 saturated heterocycles. The minimum atomic E-state index is -3.83. The molecule has 0 bridgehead atoms. The van der Waals surface area contributed by atoms with Crippen LogP contribution in [0.3, 0.4) is 0 Å². The molecule has 0 aliphatic carbocycles. The fourth-order valence-electron chi connectivity index (χ4n) is 3.94. The molecule has 0 aliphatic rings. The van der Waals surface area contributed by atoms with E-state index in [1.165, 1.54) is 4.90 Å². The van der Waals surface area contributed by atoms with Crippen molar-refractivity contribution < 1.29 is 22.7 Å². The Morgan fingerprint density at radius 2 is 1.60 bits per heavy atom. The number of anilines is 1.